The molecule has 0 aliphatic rings. The molecule has 0 atom stereocenters. The minimum atomic E-state index is -5.81. The fraction of sp³-hybridized carbons (Fsp3) is 0.0233. The van der Waals surface area contributed by atoms with Gasteiger partial charge in [0.25, 0.3) is 76.5 Å². The number of azo groups is 4. The molecule has 0 aliphatic carbocycles. The second kappa shape index (κ2) is 22.9. The number of benzene rings is 7. The predicted molar refractivity (Wildman–Crippen MR) is 298 cm³/mol. The number of anilines is 1. The molecule has 90 heavy (non-hydrogen) atoms. The monoisotopic (exact) mass is 1390 g/mol. The zero-order valence-electron chi connectivity index (χ0n) is 43.3. The second-order valence-electron chi connectivity index (χ2n) is 17.8. The molecule has 0 bridgehead atoms. The first kappa shape index (κ1) is 66.1. The SMILES string of the molecule is Cc1cc(/N=N/c2c(C(=O)O)nn(-c3ccc(S(=O)(=O)O)cc3)c2O)c(S(=O)(=O)O)cc1/N=N\c1c(S(=O)(=O)O)cc2c(S(=O)(=O)O)c(N=Nc3cc(S(=O)(=O)O)c4cc(S(=O)(=O)O)c(/N=N\c5ccc([N+](=O)[O-])cc5S(=O)(=O)O)c(O)c4c3N)ccc2c1O. The molecule has 8 rings (SSSR count). The van der Waals surface area contributed by atoms with Gasteiger partial charge >= 0.3 is 5.97 Å². The maximum atomic E-state index is 13.2. The number of fused-ring (bicyclic) bond motifs is 2. The zero-order valence-corrected chi connectivity index (χ0v) is 49.0. The molecule has 40 nitrogen and oxygen atoms in total. The Labute approximate surface area is 500 Å². The standard InChI is InChI=1S/C43H30N12O28S7/c1-16-10-26(48-52-37-38(43(59)60)53-54(42(37)58)17-2-5-19(6-3-17)84(63,64)65)30(87(72,73)74)14-25(16)47-50-35-31(88(75,76)77)12-21-20(39(35)56)7-9-24(41(21)90(81,82)83)46-49-27-15-28(85(66,67)68)22-13-32(89(78,79)80)36(40(57)33(22)34(27)44)51-45-23-8-4-18(55(61)62)11-29(23)86(69,70)71/h2-15,56-58H,44H2,1H3,(H,59,60)(H,63,64,65)(H,66,67,68)(H,69,70,71)(H,72,73,74)(H,75,76,77)(H,78,79,80)(H,81,82,83)/b49-46?,50-47-,51-45-,52-48+. The number of aromatic carboxylic acids is 1. The minimum absolute atomic E-state index is 0.204. The number of carbonyl (C=O) groups is 1. The number of non-ortho nitro benzene ring substituents is 1. The highest BCUT2D eigenvalue weighted by Crippen LogP contribution is 2.50. The topological polar surface area (TPSA) is 664 Å². The predicted octanol–water partition coefficient (Wildman–Crippen LogP) is 7.18. The molecule has 0 aliphatic heterocycles. The Kier molecular flexibility index (Phi) is 16.8. The van der Waals surface area contributed by atoms with Crippen molar-refractivity contribution in [2.24, 2.45) is 40.9 Å². The van der Waals surface area contributed by atoms with Gasteiger partial charge in [0.2, 0.25) is 11.6 Å². The Morgan fingerprint density at radius 2 is 0.956 bits per heavy atom. The van der Waals surface area contributed by atoms with Gasteiger partial charge in [0, 0.05) is 28.3 Å². The van der Waals surface area contributed by atoms with Crippen molar-refractivity contribution in [3.05, 3.63) is 106 Å². The highest BCUT2D eigenvalue weighted by molar-refractivity contribution is 7.87. The van der Waals surface area contributed by atoms with Crippen molar-refractivity contribution in [1.82, 2.24) is 9.78 Å². The van der Waals surface area contributed by atoms with Crippen LogP contribution in [0.3, 0.4) is 0 Å². The van der Waals surface area contributed by atoms with Gasteiger partial charge in [-0.05, 0) is 85.3 Å². The first-order valence-corrected chi connectivity index (χ1v) is 32.9. The lowest BCUT2D eigenvalue weighted by atomic mass is 10.0. The molecule has 13 N–H and O–H groups in total. The van der Waals surface area contributed by atoms with Gasteiger partial charge < -0.3 is 26.2 Å². The number of nitro benzene ring substituents is 1. The number of aromatic nitrogens is 2. The summed E-state index contributed by atoms with van der Waals surface area (Å²) in [6, 6.07) is 8.60. The molecule has 0 amide bonds. The Bertz CT molecular complexity index is 5510. The van der Waals surface area contributed by atoms with Crippen molar-refractivity contribution in [1.29, 1.82) is 0 Å². The number of aromatic hydroxyl groups is 3. The second-order valence-corrected chi connectivity index (χ2v) is 27.5. The van der Waals surface area contributed by atoms with Crippen molar-refractivity contribution in [3.8, 4) is 23.1 Å². The summed E-state index contributed by atoms with van der Waals surface area (Å²) in [5.41, 5.74) is -5.37. The first-order chi connectivity index (χ1) is 41.3. The van der Waals surface area contributed by atoms with Gasteiger partial charge in [-0.1, -0.05) is 0 Å². The van der Waals surface area contributed by atoms with Crippen LogP contribution in [0.2, 0.25) is 0 Å². The molecule has 47 heteroatoms. The molecule has 7 aromatic carbocycles. The summed E-state index contributed by atoms with van der Waals surface area (Å²) in [5.74, 6) is -5.91. The minimum Gasteiger partial charge on any atom is -0.505 e. The van der Waals surface area contributed by atoms with Crippen LogP contribution in [0.1, 0.15) is 16.1 Å². The molecule has 472 valence electrons. The molecule has 1 aromatic heterocycles. The summed E-state index contributed by atoms with van der Waals surface area (Å²) >= 11 is 0. The number of nitrogens with two attached hydrogens (primary N) is 1. The summed E-state index contributed by atoms with van der Waals surface area (Å²) in [5, 5.41) is 83.2. The number of hydrogen-bond acceptors (Lipinski definition) is 30. The zero-order chi connectivity index (χ0) is 67.1. The van der Waals surface area contributed by atoms with Crippen LogP contribution in [0, 0.1) is 17.0 Å². The molecular weight excluding hydrogens is 1360 g/mol. The lowest BCUT2D eigenvalue weighted by Gasteiger charge is -2.15. The number of phenolic OH excluding ortho intramolecular Hbond substituents is 2. The smallest absolute Gasteiger partial charge is 0.358 e. The fourth-order valence-corrected chi connectivity index (χ4v) is 12.6. The van der Waals surface area contributed by atoms with Gasteiger partial charge in [-0.25, -0.2) is 4.79 Å². The highest BCUT2D eigenvalue weighted by atomic mass is 32.2. The van der Waals surface area contributed by atoms with E-state index in [1.807, 2.05) is 0 Å². The van der Waals surface area contributed by atoms with Crippen molar-refractivity contribution < 1.29 is 121 Å². The van der Waals surface area contributed by atoms with Crippen molar-refractivity contribution in [2.45, 2.75) is 41.2 Å². The lowest BCUT2D eigenvalue weighted by molar-refractivity contribution is -0.385. The average Bonchev–Trinajstić information content (AvgIpc) is 1.07. The van der Waals surface area contributed by atoms with Crippen LogP contribution in [-0.2, 0) is 70.8 Å². The summed E-state index contributed by atoms with van der Waals surface area (Å²) < 4.78 is 247. The van der Waals surface area contributed by atoms with Gasteiger partial charge in [0.15, 0.2) is 17.2 Å². The number of hydrogen-bond donors (Lipinski definition) is 12. The summed E-state index contributed by atoms with van der Waals surface area (Å²) in [6.45, 7) is 1.15. The van der Waals surface area contributed by atoms with Crippen LogP contribution in [0.5, 0.6) is 17.4 Å². The molecule has 0 saturated carbocycles. The Morgan fingerprint density at radius 3 is 1.48 bits per heavy atom. The van der Waals surface area contributed by atoms with Crippen molar-refractivity contribution in [3.63, 3.8) is 0 Å². The third-order valence-electron chi connectivity index (χ3n) is 12.0. The highest BCUT2D eigenvalue weighted by Gasteiger charge is 2.32. The van der Waals surface area contributed by atoms with Crippen LogP contribution in [0.25, 0.3) is 27.2 Å². The van der Waals surface area contributed by atoms with Crippen LogP contribution in [0.4, 0.5) is 56.9 Å². The molecule has 0 spiro atoms. The molecular formula is C43H30N12O28S7. The molecule has 1 heterocycles. The number of rotatable bonds is 18. The van der Waals surface area contributed by atoms with E-state index >= 15 is 0 Å². The van der Waals surface area contributed by atoms with E-state index in [-0.39, 0.29) is 29.4 Å². The summed E-state index contributed by atoms with van der Waals surface area (Å²) in [6.07, 6.45) is 0. The number of nitro groups is 1. The van der Waals surface area contributed by atoms with Crippen molar-refractivity contribution >= 4 is 155 Å². The quantitative estimate of drug-likeness (QED) is 0.0133. The van der Waals surface area contributed by atoms with Gasteiger partial charge in [-0.3, -0.25) is 42.0 Å². The van der Waals surface area contributed by atoms with Crippen molar-refractivity contribution in [2.75, 3.05) is 5.73 Å². The van der Waals surface area contributed by atoms with E-state index in [2.05, 4.69) is 46.0 Å². The van der Waals surface area contributed by atoms with Gasteiger partial charge in [0.05, 0.1) is 32.3 Å². The van der Waals surface area contributed by atoms with E-state index in [9.17, 15) is 126 Å². The number of carboxylic acid groups (broad SMARTS) is 1. The molecule has 0 radical (unpaired) electrons. The molecule has 0 saturated heterocycles. The van der Waals surface area contributed by atoms with E-state index in [0.29, 0.717) is 35.0 Å². The largest absolute Gasteiger partial charge is 0.505 e. The van der Waals surface area contributed by atoms with E-state index in [0.717, 1.165) is 43.3 Å². The molecule has 8 aromatic rings. The number of aryl methyl sites for hydroxylation is 1. The number of nitrogen functional groups attached to an aromatic ring is 1. The van der Waals surface area contributed by atoms with Gasteiger partial charge in [-0.15, -0.1) is 35.8 Å². The Morgan fingerprint density at radius 1 is 0.489 bits per heavy atom. The van der Waals surface area contributed by atoms with Crippen LogP contribution in [0.15, 0.2) is 160 Å². The maximum Gasteiger partial charge on any atom is 0.358 e. The van der Waals surface area contributed by atoms with Gasteiger partial charge in [0.1, 0.15) is 63.5 Å². The summed E-state index contributed by atoms with van der Waals surface area (Å²) in [4.78, 5) is 13.2. The number of nitrogens with zero attached hydrogens (tertiary/aromatic N) is 11. The van der Waals surface area contributed by atoms with E-state index < -0.39 is 217 Å². The third-order valence-corrected chi connectivity index (χ3v) is 18.2. The van der Waals surface area contributed by atoms with E-state index in [4.69, 9.17) is 5.73 Å². The normalized spacial score (nSPS) is 13.2. The van der Waals surface area contributed by atoms with Crippen LogP contribution >= 0.6 is 0 Å². The summed E-state index contributed by atoms with van der Waals surface area (Å²) in [7, 11) is -38.5. The Hall–Kier alpha value is -9.89. The van der Waals surface area contributed by atoms with Crippen LogP contribution in [-0.4, -0.2) is 132 Å². The first-order valence-electron chi connectivity index (χ1n) is 22.8. The fourth-order valence-electron chi connectivity index (χ4n) is 8.08. The molecule has 0 unspecified atom stereocenters. The third kappa shape index (κ3) is 13.1. The van der Waals surface area contributed by atoms with Gasteiger partial charge in [-0.2, -0.15) is 73.8 Å². The molecule has 0 fully saturated rings. The number of phenols is 2. The Balaban J connectivity index is 1.24. The van der Waals surface area contributed by atoms with E-state index in [1.165, 1.54) is 0 Å². The number of carboxylic acids is 1. The van der Waals surface area contributed by atoms with Crippen LogP contribution < -0.4 is 5.73 Å². The lowest BCUT2D eigenvalue weighted by Crippen LogP contribution is -2.04. The maximum absolute atomic E-state index is 13.2. The van der Waals surface area contributed by atoms with E-state index in [1.54, 1.807) is 0 Å². The average molecular weight is 1390 g/mol.